The van der Waals surface area contributed by atoms with Crippen molar-refractivity contribution < 1.29 is 18.0 Å². The number of urea groups is 1. The van der Waals surface area contributed by atoms with Gasteiger partial charge >= 0.3 is 12.2 Å². The van der Waals surface area contributed by atoms with Crippen LogP contribution in [-0.4, -0.2) is 90.7 Å². The molecule has 0 aromatic carbocycles. The minimum atomic E-state index is -4.17. The van der Waals surface area contributed by atoms with Gasteiger partial charge in [-0.1, -0.05) is 0 Å². The summed E-state index contributed by atoms with van der Waals surface area (Å²) in [7, 11) is 0. The first kappa shape index (κ1) is 22.6. The Hall–Kier alpha value is -2.63. The smallest absolute Gasteiger partial charge is 0.323 e. The van der Waals surface area contributed by atoms with Crippen LogP contribution < -0.4 is 0 Å². The van der Waals surface area contributed by atoms with Crippen molar-refractivity contribution in [2.24, 2.45) is 10.8 Å². The van der Waals surface area contributed by atoms with E-state index in [4.69, 9.17) is 0 Å². The summed E-state index contributed by atoms with van der Waals surface area (Å²) < 4.78 is 40.6. The molecule has 2 aliphatic carbocycles. The van der Waals surface area contributed by atoms with Gasteiger partial charge in [0.25, 0.3) is 0 Å². The summed E-state index contributed by atoms with van der Waals surface area (Å²) in [5, 5.41) is 8.94. The Balaban J connectivity index is 0.819. The molecule has 2 spiro atoms. The van der Waals surface area contributed by atoms with Crippen LogP contribution in [0.15, 0.2) is 18.6 Å². The molecule has 3 aliphatic heterocycles. The van der Waals surface area contributed by atoms with Crippen LogP contribution in [0.25, 0.3) is 0 Å². The molecule has 2 aromatic rings. The minimum Gasteiger partial charge on any atom is -0.323 e. The maximum Gasteiger partial charge on any atom is 0.390 e. The molecule has 2 saturated carbocycles. The van der Waals surface area contributed by atoms with Crippen molar-refractivity contribution in [2.75, 3.05) is 39.3 Å². The van der Waals surface area contributed by atoms with Crippen molar-refractivity contribution >= 4 is 6.03 Å². The molecule has 3 saturated heterocycles. The Morgan fingerprint density at radius 1 is 1.00 bits per heavy atom. The van der Waals surface area contributed by atoms with Crippen molar-refractivity contribution in [1.29, 1.82) is 0 Å². The summed E-state index contributed by atoms with van der Waals surface area (Å²) >= 11 is 0. The van der Waals surface area contributed by atoms with E-state index in [1.54, 1.807) is 12.3 Å². The highest BCUT2D eigenvalue weighted by Crippen LogP contribution is 2.54. The van der Waals surface area contributed by atoms with E-state index in [9.17, 15) is 18.0 Å². The van der Waals surface area contributed by atoms with Crippen LogP contribution in [0.1, 0.15) is 55.6 Å². The number of likely N-dealkylation sites (tertiary alicyclic amines) is 3. The highest BCUT2D eigenvalue weighted by atomic mass is 19.4. The Kier molecular flexibility index (Phi) is 4.82. The van der Waals surface area contributed by atoms with E-state index in [0.717, 1.165) is 63.6 Å². The summed E-state index contributed by atoms with van der Waals surface area (Å²) in [5.41, 5.74) is 1.23. The van der Waals surface area contributed by atoms with Crippen molar-refractivity contribution in [2.45, 2.75) is 63.3 Å². The lowest BCUT2D eigenvalue weighted by Gasteiger charge is -2.63. The number of carbonyl (C=O) groups excluding carboxylic acids is 1. The highest BCUT2D eigenvalue weighted by molar-refractivity contribution is 5.77. The molecule has 5 aliphatic rings. The summed E-state index contributed by atoms with van der Waals surface area (Å²) in [6.45, 7) is 5.56. The molecular formula is C24H31F3N8O. The number of rotatable bonds is 6. The topological polar surface area (TPSA) is 75.3 Å². The SMILES string of the molecule is O=C(N1CC2(CC(n3cnc(C4CC4)n3)C2)C1)N1CC2(CN(Cc3ccn(CCC(F)(F)F)n3)C2)C1. The number of nitrogens with zero attached hydrogens (tertiary/aromatic N) is 8. The Bertz CT molecular complexity index is 1140. The predicted octanol–water partition coefficient (Wildman–Crippen LogP) is 2.88. The van der Waals surface area contributed by atoms with E-state index in [2.05, 4.69) is 20.1 Å². The van der Waals surface area contributed by atoms with Crippen LogP contribution in [0.5, 0.6) is 0 Å². The largest absolute Gasteiger partial charge is 0.390 e. The van der Waals surface area contributed by atoms with Crippen LogP contribution in [0, 0.1) is 10.8 Å². The first-order chi connectivity index (χ1) is 17.2. The third kappa shape index (κ3) is 4.06. The van der Waals surface area contributed by atoms with Gasteiger partial charge < -0.3 is 9.80 Å². The number of aryl methyl sites for hydroxylation is 1. The van der Waals surface area contributed by atoms with E-state index in [-0.39, 0.29) is 23.4 Å². The molecule has 0 radical (unpaired) electrons. The molecule has 0 unspecified atom stereocenters. The number of alkyl halides is 3. The van der Waals surface area contributed by atoms with E-state index < -0.39 is 12.6 Å². The van der Waals surface area contributed by atoms with Gasteiger partial charge in [-0.25, -0.2) is 14.5 Å². The normalized spacial score (nSPS) is 25.0. The monoisotopic (exact) mass is 504 g/mol. The summed E-state index contributed by atoms with van der Waals surface area (Å²) in [5.74, 6) is 1.58. The Morgan fingerprint density at radius 3 is 2.36 bits per heavy atom. The van der Waals surface area contributed by atoms with E-state index in [1.165, 1.54) is 17.5 Å². The van der Waals surface area contributed by atoms with Gasteiger partial charge in [0.05, 0.1) is 18.2 Å². The van der Waals surface area contributed by atoms with E-state index in [1.807, 2.05) is 20.8 Å². The van der Waals surface area contributed by atoms with Gasteiger partial charge in [-0.05, 0) is 31.7 Å². The molecule has 0 bridgehead atoms. The number of hydrogen-bond donors (Lipinski definition) is 0. The predicted molar refractivity (Wildman–Crippen MR) is 122 cm³/mol. The number of amides is 2. The standard InChI is InChI=1S/C24H31F3N8O/c25-24(26,27)4-6-34-5-3-18(29-34)9-31-10-23(11-31)14-33(15-23)21(36)32-12-22(13-32)7-19(8-22)35-16-28-20(30-35)17-1-2-17/h3,5,16-17,19H,1-2,4,6-15H2. The average Bonchev–Trinajstić information content (AvgIpc) is 3.27. The summed E-state index contributed by atoms with van der Waals surface area (Å²) in [6.07, 6.45) is 3.04. The van der Waals surface area contributed by atoms with Gasteiger partial charge in [0.1, 0.15) is 6.33 Å². The molecule has 7 rings (SSSR count). The minimum absolute atomic E-state index is 0.148. The molecule has 9 nitrogen and oxygen atoms in total. The molecule has 12 heteroatoms. The maximum absolute atomic E-state index is 12.9. The third-order valence-corrected chi connectivity index (χ3v) is 8.65. The Morgan fingerprint density at radius 2 is 1.69 bits per heavy atom. The van der Waals surface area contributed by atoms with Crippen molar-refractivity contribution in [1.82, 2.24) is 39.2 Å². The van der Waals surface area contributed by atoms with Crippen LogP contribution in [-0.2, 0) is 13.1 Å². The lowest BCUT2D eigenvalue weighted by Crippen LogP contribution is -2.75. The number of halogens is 3. The molecule has 5 fully saturated rings. The second-order valence-electron chi connectivity index (χ2n) is 12.0. The second-order valence-corrected chi connectivity index (χ2v) is 12.0. The molecule has 194 valence electrons. The zero-order valence-electron chi connectivity index (χ0n) is 20.2. The van der Waals surface area contributed by atoms with Gasteiger partial charge in [-0.3, -0.25) is 9.58 Å². The number of hydrogen-bond acceptors (Lipinski definition) is 5. The molecule has 0 atom stereocenters. The quantitative estimate of drug-likeness (QED) is 0.605. The fourth-order valence-electron chi connectivity index (χ4n) is 6.67. The van der Waals surface area contributed by atoms with Gasteiger partial charge in [0, 0.05) is 75.3 Å². The lowest BCUT2D eigenvalue weighted by atomic mass is 9.60. The van der Waals surface area contributed by atoms with E-state index in [0.29, 0.717) is 18.5 Å². The number of aromatic nitrogens is 5. The second kappa shape index (κ2) is 7.69. The molecule has 2 aromatic heterocycles. The maximum atomic E-state index is 12.9. The highest BCUT2D eigenvalue weighted by Gasteiger charge is 2.58. The molecule has 5 heterocycles. The van der Waals surface area contributed by atoms with Crippen molar-refractivity contribution in [3.05, 3.63) is 30.1 Å². The zero-order valence-corrected chi connectivity index (χ0v) is 20.2. The van der Waals surface area contributed by atoms with Crippen LogP contribution in [0.4, 0.5) is 18.0 Å². The fourth-order valence-corrected chi connectivity index (χ4v) is 6.67. The van der Waals surface area contributed by atoms with Crippen LogP contribution >= 0.6 is 0 Å². The first-order valence-electron chi connectivity index (χ1n) is 12.9. The van der Waals surface area contributed by atoms with Crippen molar-refractivity contribution in [3.8, 4) is 0 Å². The van der Waals surface area contributed by atoms with Gasteiger partial charge in [-0.15, -0.1) is 0 Å². The zero-order chi connectivity index (χ0) is 24.7. The van der Waals surface area contributed by atoms with Gasteiger partial charge in [-0.2, -0.15) is 23.4 Å². The van der Waals surface area contributed by atoms with Gasteiger partial charge in [0.2, 0.25) is 0 Å². The fraction of sp³-hybridized carbons (Fsp3) is 0.750. The Labute approximate surface area is 207 Å². The van der Waals surface area contributed by atoms with Crippen LogP contribution in [0.2, 0.25) is 0 Å². The lowest BCUT2D eigenvalue weighted by molar-refractivity contribution is -0.137. The van der Waals surface area contributed by atoms with E-state index >= 15 is 0 Å². The third-order valence-electron chi connectivity index (χ3n) is 8.65. The molecule has 36 heavy (non-hydrogen) atoms. The van der Waals surface area contributed by atoms with Crippen LogP contribution in [0.3, 0.4) is 0 Å². The molecular weight excluding hydrogens is 473 g/mol. The molecule has 2 amide bonds. The average molecular weight is 505 g/mol. The van der Waals surface area contributed by atoms with Gasteiger partial charge in [0.15, 0.2) is 5.82 Å². The summed E-state index contributed by atoms with van der Waals surface area (Å²) in [4.78, 5) is 23.6. The number of carbonyl (C=O) groups is 1. The summed E-state index contributed by atoms with van der Waals surface area (Å²) in [6, 6.07) is 2.37. The van der Waals surface area contributed by atoms with Crippen molar-refractivity contribution in [3.63, 3.8) is 0 Å². The molecule has 0 N–H and O–H groups in total. The first-order valence-corrected chi connectivity index (χ1v) is 12.9.